The van der Waals surface area contributed by atoms with Crippen molar-refractivity contribution in [3.63, 3.8) is 0 Å². The average Bonchev–Trinajstić information content (AvgIpc) is 2.45. The van der Waals surface area contributed by atoms with Crippen molar-refractivity contribution in [2.45, 2.75) is 26.3 Å². The van der Waals surface area contributed by atoms with E-state index in [1.165, 1.54) is 0 Å². The summed E-state index contributed by atoms with van der Waals surface area (Å²) < 4.78 is 5.08. The van der Waals surface area contributed by atoms with Gasteiger partial charge in [0.05, 0.1) is 18.8 Å². The Bertz CT molecular complexity index is 530. The summed E-state index contributed by atoms with van der Waals surface area (Å²) in [6.07, 6.45) is 2.72. The molecule has 0 aliphatic rings. The van der Waals surface area contributed by atoms with Crippen molar-refractivity contribution in [1.82, 2.24) is 15.0 Å². The average molecular weight is 258 g/mol. The van der Waals surface area contributed by atoms with Gasteiger partial charge in [-0.3, -0.25) is 4.98 Å². The first-order valence-electron chi connectivity index (χ1n) is 6.30. The molecule has 0 radical (unpaired) electrons. The van der Waals surface area contributed by atoms with Gasteiger partial charge < -0.3 is 10.1 Å². The van der Waals surface area contributed by atoms with Crippen molar-refractivity contribution in [2.24, 2.45) is 0 Å². The number of nitrogens with zero attached hydrogens (tertiary/aromatic N) is 3. The Kier molecular flexibility index (Phi) is 4.28. The van der Waals surface area contributed by atoms with E-state index in [1.54, 1.807) is 13.3 Å². The Morgan fingerprint density at radius 3 is 2.79 bits per heavy atom. The van der Waals surface area contributed by atoms with E-state index in [1.807, 2.05) is 31.2 Å². The number of aromatic nitrogens is 3. The van der Waals surface area contributed by atoms with Crippen LogP contribution in [0, 0.1) is 6.92 Å². The van der Waals surface area contributed by atoms with Gasteiger partial charge in [-0.2, -0.15) is 4.98 Å². The number of anilines is 1. The summed E-state index contributed by atoms with van der Waals surface area (Å²) in [6, 6.07) is 8.30. The van der Waals surface area contributed by atoms with E-state index < -0.39 is 0 Å². The zero-order chi connectivity index (χ0) is 13.7. The molecule has 19 heavy (non-hydrogen) atoms. The van der Waals surface area contributed by atoms with Crippen LogP contribution in [-0.4, -0.2) is 22.1 Å². The number of methoxy groups -OCH3 is 1. The fraction of sp³-hybridized carbons (Fsp3) is 0.357. The molecule has 0 aliphatic carbocycles. The molecule has 2 rings (SSSR count). The largest absolute Gasteiger partial charge is 0.467 e. The van der Waals surface area contributed by atoms with Gasteiger partial charge in [0.2, 0.25) is 0 Å². The summed E-state index contributed by atoms with van der Waals surface area (Å²) >= 11 is 0. The molecule has 100 valence electrons. The van der Waals surface area contributed by atoms with Crippen LogP contribution in [0.1, 0.15) is 30.8 Å². The molecular formula is C14H18N4O. The van der Waals surface area contributed by atoms with Crippen molar-refractivity contribution < 1.29 is 4.74 Å². The second-order valence-corrected chi connectivity index (χ2v) is 4.24. The molecule has 2 aromatic heterocycles. The number of ether oxygens (including phenoxy) is 1. The van der Waals surface area contributed by atoms with E-state index in [9.17, 15) is 0 Å². The summed E-state index contributed by atoms with van der Waals surface area (Å²) in [5.41, 5.74) is 1.87. The lowest BCUT2D eigenvalue weighted by molar-refractivity contribution is 0.379. The van der Waals surface area contributed by atoms with Crippen LogP contribution in [0.4, 0.5) is 5.82 Å². The number of hydrogen-bond acceptors (Lipinski definition) is 5. The Labute approximate surface area is 113 Å². The highest BCUT2D eigenvalue weighted by atomic mass is 16.5. The third kappa shape index (κ3) is 3.40. The van der Waals surface area contributed by atoms with Crippen LogP contribution in [0.15, 0.2) is 30.5 Å². The van der Waals surface area contributed by atoms with Crippen molar-refractivity contribution >= 4 is 5.82 Å². The monoisotopic (exact) mass is 258 g/mol. The molecule has 0 spiro atoms. The maximum Gasteiger partial charge on any atom is 0.318 e. The second kappa shape index (κ2) is 6.13. The first kappa shape index (κ1) is 13.3. The van der Waals surface area contributed by atoms with Gasteiger partial charge >= 0.3 is 6.01 Å². The SMILES string of the molecule is CC[C@H](Nc1cc(C)nc(OC)n1)c1ccccn1. The van der Waals surface area contributed by atoms with E-state index in [0.717, 1.165) is 23.6 Å². The molecule has 0 aliphatic heterocycles. The van der Waals surface area contributed by atoms with Gasteiger partial charge in [-0.15, -0.1) is 0 Å². The van der Waals surface area contributed by atoms with Crippen LogP contribution < -0.4 is 10.1 Å². The van der Waals surface area contributed by atoms with Gasteiger partial charge in [0.25, 0.3) is 0 Å². The first-order valence-corrected chi connectivity index (χ1v) is 6.30. The minimum atomic E-state index is 0.125. The number of aryl methyl sites for hydroxylation is 1. The molecule has 0 saturated carbocycles. The van der Waals surface area contributed by atoms with Crippen molar-refractivity contribution in [2.75, 3.05) is 12.4 Å². The molecule has 0 fully saturated rings. The fourth-order valence-electron chi connectivity index (χ4n) is 1.85. The van der Waals surface area contributed by atoms with Crippen LogP contribution in [-0.2, 0) is 0 Å². The zero-order valence-electron chi connectivity index (χ0n) is 11.4. The number of pyridine rings is 1. The zero-order valence-corrected chi connectivity index (χ0v) is 11.4. The Hall–Kier alpha value is -2.17. The molecule has 2 aromatic rings. The van der Waals surface area contributed by atoms with Crippen LogP contribution in [0.2, 0.25) is 0 Å². The molecule has 0 saturated heterocycles. The fourth-order valence-corrected chi connectivity index (χ4v) is 1.85. The molecule has 1 N–H and O–H groups in total. The highest BCUT2D eigenvalue weighted by molar-refractivity contribution is 5.39. The molecule has 5 heteroatoms. The highest BCUT2D eigenvalue weighted by Gasteiger charge is 2.12. The lowest BCUT2D eigenvalue weighted by Crippen LogP contribution is -2.13. The smallest absolute Gasteiger partial charge is 0.318 e. The maximum atomic E-state index is 5.08. The summed E-state index contributed by atoms with van der Waals surface area (Å²) in [5.74, 6) is 0.752. The summed E-state index contributed by atoms with van der Waals surface area (Å²) in [6.45, 7) is 4.02. The first-order chi connectivity index (χ1) is 9.22. The van der Waals surface area contributed by atoms with E-state index in [4.69, 9.17) is 4.74 Å². The molecule has 0 bridgehead atoms. The minimum Gasteiger partial charge on any atom is -0.467 e. The van der Waals surface area contributed by atoms with Crippen LogP contribution >= 0.6 is 0 Å². The molecule has 2 heterocycles. The number of nitrogens with one attached hydrogen (secondary N) is 1. The van der Waals surface area contributed by atoms with Crippen LogP contribution in [0.25, 0.3) is 0 Å². The van der Waals surface area contributed by atoms with E-state index in [0.29, 0.717) is 6.01 Å². The molecule has 0 unspecified atom stereocenters. The molecule has 0 amide bonds. The van der Waals surface area contributed by atoms with E-state index in [2.05, 4.69) is 27.2 Å². The van der Waals surface area contributed by atoms with Gasteiger partial charge in [-0.1, -0.05) is 13.0 Å². The van der Waals surface area contributed by atoms with Crippen molar-refractivity contribution in [3.8, 4) is 6.01 Å². The molecule has 0 aromatic carbocycles. The molecule has 5 nitrogen and oxygen atoms in total. The van der Waals surface area contributed by atoms with E-state index >= 15 is 0 Å². The van der Waals surface area contributed by atoms with Gasteiger partial charge in [0.15, 0.2) is 0 Å². The Morgan fingerprint density at radius 1 is 1.32 bits per heavy atom. The topological polar surface area (TPSA) is 59.9 Å². The summed E-state index contributed by atoms with van der Waals surface area (Å²) in [4.78, 5) is 12.8. The lowest BCUT2D eigenvalue weighted by Gasteiger charge is -2.17. The van der Waals surface area contributed by atoms with Crippen molar-refractivity contribution in [3.05, 3.63) is 41.9 Å². The van der Waals surface area contributed by atoms with Gasteiger partial charge in [-0.05, 0) is 25.5 Å². The van der Waals surface area contributed by atoms with E-state index in [-0.39, 0.29) is 6.04 Å². The number of hydrogen-bond donors (Lipinski definition) is 1. The second-order valence-electron chi connectivity index (χ2n) is 4.24. The van der Waals surface area contributed by atoms with Crippen molar-refractivity contribution in [1.29, 1.82) is 0 Å². The van der Waals surface area contributed by atoms with Crippen LogP contribution in [0.3, 0.4) is 0 Å². The predicted molar refractivity (Wildman–Crippen MR) is 74.2 cm³/mol. The van der Waals surface area contributed by atoms with Gasteiger partial charge in [0, 0.05) is 18.0 Å². The Morgan fingerprint density at radius 2 is 2.16 bits per heavy atom. The van der Waals surface area contributed by atoms with Gasteiger partial charge in [-0.25, -0.2) is 4.98 Å². The number of rotatable bonds is 5. The third-order valence-electron chi connectivity index (χ3n) is 2.79. The summed E-state index contributed by atoms with van der Waals surface area (Å²) in [7, 11) is 1.56. The standard InChI is InChI=1S/C14H18N4O/c1-4-11(12-7-5-6-8-15-12)17-13-9-10(2)16-14(18-13)19-3/h5-9,11H,4H2,1-3H3,(H,16,17,18)/t11-/m0/s1. The quantitative estimate of drug-likeness (QED) is 0.893. The van der Waals surface area contributed by atoms with Crippen LogP contribution in [0.5, 0.6) is 6.01 Å². The lowest BCUT2D eigenvalue weighted by atomic mass is 10.1. The third-order valence-corrected chi connectivity index (χ3v) is 2.79. The highest BCUT2D eigenvalue weighted by Crippen LogP contribution is 2.21. The maximum absolute atomic E-state index is 5.08. The molecular weight excluding hydrogens is 240 g/mol. The normalized spacial score (nSPS) is 11.9. The molecule has 1 atom stereocenters. The Balaban J connectivity index is 2.21. The minimum absolute atomic E-state index is 0.125. The van der Waals surface area contributed by atoms with Gasteiger partial charge in [0.1, 0.15) is 5.82 Å². The summed E-state index contributed by atoms with van der Waals surface area (Å²) in [5, 5.41) is 3.37. The predicted octanol–water partition coefficient (Wildman–Crippen LogP) is 2.75.